The number of amides is 3. The summed E-state index contributed by atoms with van der Waals surface area (Å²) >= 11 is 0. The Bertz CT molecular complexity index is 1210. The van der Waals surface area contributed by atoms with Gasteiger partial charge in [0.25, 0.3) is 11.8 Å². The molecule has 0 atom stereocenters. The van der Waals surface area contributed by atoms with E-state index in [0.29, 0.717) is 43.5 Å². The summed E-state index contributed by atoms with van der Waals surface area (Å²) in [6.45, 7) is 1.17. The summed E-state index contributed by atoms with van der Waals surface area (Å²) in [6.07, 6.45) is 1.42. The van der Waals surface area contributed by atoms with E-state index >= 15 is 0 Å². The van der Waals surface area contributed by atoms with E-state index in [1.54, 1.807) is 31.4 Å². The molecule has 2 heterocycles. The third-order valence-corrected chi connectivity index (χ3v) is 8.25. The van der Waals surface area contributed by atoms with Crippen LogP contribution in [0.5, 0.6) is 5.75 Å². The molecule has 0 unspecified atom stereocenters. The van der Waals surface area contributed by atoms with Gasteiger partial charge >= 0.3 is 0 Å². The van der Waals surface area contributed by atoms with Crippen LogP contribution in [0.3, 0.4) is 0 Å². The predicted octanol–water partition coefficient (Wildman–Crippen LogP) is 1.97. The van der Waals surface area contributed by atoms with Crippen molar-refractivity contribution in [3.05, 3.63) is 64.7 Å². The summed E-state index contributed by atoms with van der Waals surface area (Å²) in [6, 6.07) is 12.3. The van der Waals surface area contributed by atoms with E-state index in [4.69, 9.17) is 4.74 Å². The van der Waals surface area contributed by atoms with E-state index in [1.165, 1.54) is 4.31 Å². The van der Waals surface area contributed by atoms with Crippen molar-refractivity contribution in [3.63, 3.8) is 0 Å². The van der Waals surface area contributed by atoms with Gasteiger partial charge in [0, 0.05) is 32.6 Å². The van der Waals surface area contributed by atoms with Crippen molar-refractivity contribution in [1.29, 1.82) is 0 Å². The van der Waals surface area contributed by atoms with Gasteiger partial charge in [0.1, 0.15) is 5.75 Å². The summed E-state index contributed by atoms with van der Waals surface area (Å²) in [7, 11) is -1.83. The Morgan fingerprint density at radius 2 is 1.74 bits per heavy atom. The lowest BCUT2D eigenvalue weighted by Gasteiger charge is -2.28. The van der Waals surface area contributed by atoms with Crippen LogP contribution in [0.25, 0.3) is 0 Å². The van der Waals surface area contributed by atoms with Gasteiger partial charge in [-0.25, -0.2) is 8.42 Å². The number of carbonyl (C=O) groups is 3. The first kappa shape index (κ1) is 24.9. The Balaban J connectivity index is 1.16. The first-order chi connectivity index (χ1) is 16.8. The number of benzene rings is 2. The van der Waals surface area contributed by atoms with E-state index in [2.05, 4.69) is 5.32 Å². The number of fused-ring (bicyclic) bond motifs is 2. The Kier molecular flexibility index (Phi) is 7.51. The number of imide groups is 1. The minimum absolute atomic E-state index is 0.0478. The van der Waals surface area contributed by atoms with Crippen molar-refractivity contribution in [2.24, 2.45) is 0 Å². The number of hydrogen-bond acceptors (Lipinski definition) is 6. The molecule has 4 rings (SSSR count). The molecular formula is C25H29N3O6S. The lowest BCUT2D eigenvalue weighted by atomic mass is 10.0. The molecule has 186 valence electrons. The second kappa shape index (κ2) is 10.6. The molecular weight excluding hydrogens is 470 g/mol. The molecule has 0 radical (unpaired) electrons. The van der Waals surface area contributed by atoms with E-state index < -0.39 is 10.0 Å². The van der Waals surface area contributed by atoms with Crippen molar-refractivity contribution in [2.45, 2.75) is 32.2 Å². The number of hydrogen-bond donors (Lipinski definition) is 1. The molecule has 2 aliphatic heterocycles. The molecule has 0 fully saturated rings. The van der Waals surface area contributed by atoms with Crippen LogP contribution >= 0.6 is 0 Å². The van der Waals surface area contributed by atoms with Crippen LogP contribution in [0.15, 0.2) is 42.5 Å². The second-order valence-electron chi connectivity index (χ2n) is 8.65. The first-order valence-corrected chi connectivity index (χ1v) is 13.3. The van der Waals surface area contributed by atoms with Gasteiger partial charge in [-0.15, -0.1) is 0 Å². The maximum atomic E-state index is 12.8. The highest BCUT2D eigenvalue weighted by molar-refractivity contribution is 7.89. The predicted molar refractivity (Wildman–Crippen MR) is 130 cm³/mol. The van der Waals surface area contributed by atoms with Crippen molar-refractivity contribution in [2.75, 3.05) is 32.5 Å². The number of methoxy groups -OCH3 is 1. The molecule has 0 spiro atoms. The van der Waals surface area contributed by atoms with Gasteiger partial charge in [-0.2, -0.15) is 4.31 Å². The normalized spacial score (nSPS) is 15.6. The number of ether oxygens (including phenoxy) is 1. The lowest BCUT2D eigenvalue weighted by Crippen LogP contribution is -2.38. The minimum atomic E-state index is -3.44. The van der Waals surface area contributed by atoms with Crippen molar-refractivity contribution >= 4 is 27.7 Å². The van der Waals surface area contributed by atoms with Crippen molar-refractivity contribution in [1.82, 2.24) is 14.5 Å². The van der Waals surface area contributed by atoms with Gasteiger partial charge in [0.05, 0.1) is 24.0 Å². The van der Waals surface area contributed by atoms with Crippen LogP contribution in [-0.2, 0) is 27.8 Å². The Labute approximate surface area is 205 Å². The zero-order valence-electron chi connectivity index (χ0n) is 19.7. The summed E-state index contributed by atoms with van der Waals surface area (Å²) in [5, 5.41) is 2.73. The largest absolute Gasteiger partial charge is 0.497 e. The van der Waals surface area contributed by atoms with Gasteiger partial charge < -0.3 is 10.1 Å². The lowest BCUT2D eigenvalue weighted by molar-refractivity contribution is -0.121. The molecule has 0 saturated carbocycles. The highest BCUT2D eigenvalue weighted by Crippen LogP contribution is 2.25. The standard InChI is InChI=1S/C25H29N3O6S/c1-34-20-10-9-19-17-27(14-11-18(19)16-20)35(32,33)15-5-12-26-23(29)8-4-13-28-24(30)21-6-2-3-7-22(21)25(28)31/h2-3,6-7,9-10,16H,4-5,8,11-15,17H2,1H3,(H,26,29). The van der Waals surface area contributed by atoms with Crippen LogP contribution in [0, 0.1) is 0 Å². The average molecular weight is 500 g/mol. The molecule has 2 aliphatic rings. The molecule has 2 aromatic rings. The second-order valence-corrected chi connectivity index (χ2v) is 10.7. The Morgan fingerprint density at radius 3 is 2.43 bits per heavy atom. The third kappa shape index (κ3) is 5.54. The van der Waals surface area contributed by atoms with E-state index in [-0.39, 0.29) is 43.0 Å². The van der Waals surface area contributed by atoms with Gasteiger partial charge in [-0.05, 0) is 54.7 Å². The summed E-state index contributed by atoms with van der Waals surface area (Å²) < 4.78 is 32.2. The molecule has 3 amide bonds. The van der Waals surface area contributed by atoms with Crippen LogP contribution in [-0.4, -0.2) is 67.8 Å². The van der Waals surface area contributed by atoms with Gasteiger partial charge in [-0.1, -0.05) is 18.2 Å². The number of sulfonamides is 1. The van der Waals surface area contributed by atoms with E-state index in [0.717, 1.165) is 21.8 Å². The SMILES string of the molecule is COc1ccc2c(c1)CCN(S(=O)(=O)CCCNC(=O)CCCN1C(=O)c3ccccc3C1=O)C2. The molecule has 1 N–H and O–H groups in total. The smallest absolute Gasteiger partial charge is 0.261 e. The van der Waals surface area contributed by atoms with E-state index in [1.807, 2.05) is 18.2 Å². The highest BCUT2D eigenvalue weighted by Gasteiger charge is 2.34. The van der Waals surface area contributed by atoms with Gasteiger partial charge in [0.2, 0.25) is 15.9 Å². The number of nitrogens with one attached hydrogen (secondary N) is 1. The number of rotatable bonds is 10. The Hall–Kier alpha value is -3.24. The highest BCUT2D eigenvalue weighted by atomic mass is 32.2. The molecule has 35 heavy (non-hydrogen) atoms. The zero-order chi connectivity index (χ0) is 25.0. The fraction of sp³-hybridized carbons (Fsp3) is 0.400. The first-order valence-electron chi connectivity index (χ1n) is 11.7. The molecule has 9 nitrogen and oxygen atoms in total. The topological polar surface area (TPSA) is 113 Å². The van der Waals surface area contributed by atoms with Crippen LogP contribution < -0.4 is 10.1 Å². The quantitative estimate of drug-likeness (QED) is 0.395. The maximum Gasteiger partial charge on any atom is 0.261 e. The maximum absolute atomic E-state index is 12.8. The van der Waals surface area contributed by atoms with Crippen molar-refractivity contribution < 1.29 is 27.5 Å². The fourth-order valence-electron chi connectivity index (χ4n) is 4.41. The summed E-state index contributed by atoms with van der Waals surface area (Å²) in [4.78, 5) is 38.0. The minimum Gasteiger partial charge on any atom is -0.497 e. The molecule has 2 aromatic carbocycles. The molecule has 0 saturated heterocycles. The fourth-order valence-corrected chi connectivity index (χ4v) is 5.88. The van der Waals surface area contributed by atoms with Crippen LogP contribution in [0.2, 0.25) is 0 Å². The van der Waals surface area contributed by atoms with Gasteiger partial charge in [-0.3, -0.25) is 19.3 Å². The Morgan fingerprint density at radius 1 is 1.03 bits per heavy atom. The molecule has 0 aliphatic carbocycles. The van der Waals surface area contributed by atoms with Crippen LogP contribution in [0.1, 0.15) is 51.1 Å². The number of nitrogens with zero attached hydrogens (tertiary/aromatic N) is 2. The monoisotopic (exact) mass is 499 g/mol. The summed E-state index contributed by atoms with van der Waals surface area (Å²) in [5.74, 6) is -0.195. The third-order valence-electron chi connectivity index (χ3n) is 6.35. The molecule has 0 aromatic heterocycles. The molecule has 10 heteroatoms. The van der Waals surface area contributed by atoms with Crippen molar-refractivity contribution in [3.8, 4) is 5.75 Å². The summed E-state index contributed by atoms with van der Waals surface area (Å²) in [5.41, 5.74) is 2.86. The molecule has 0 bridgehead atoms. The van der Waals surface area contributed by atoms with Crippen LogP contribution in [0.4, 0.5) is 0 Å². The number of carbonyl (C=O) groups excluding carboxylic acids is 3. The average Bonchev–Trinajstić information content (AvgIpc) is 3.11. The van der Waals surface area contributed by atoms with E-state index in [9.17, 15) is 22.8 Å². The zero-order valence-corrected chi connectivity index (χ0v) is 20.5. The van der Waals surface area contributed by atoms with Gasteiger partial charge in [0.15, 0.2) is 0 Å².